The van der Waals surface area contributed by atoms with Crippen molar-refractivity contribution in [3.8, 4) is 0 Å². The van der Waals surface area contributed by atoms with Gasteiger partial charge in [-0.15, -0.1) is 0 Å². The molecule has 3 rings (SSSR count). The van der Waals surface area contributed by atoms with Crippen LogP contribution in [0.4, 0.5) is 11.4 Å². The van der Waals surface area contributed by atoms with E-state index in [1.54, 1.807) is 35.2 Å². The maximum Gasteiger partial charge on any atom is 0.261 e. The number of nitrogens with zero attached hydrogens (tertiary/aromatic N) is 1. The number of anilines is 2. The maximum absolute atomic E-state index is 12.5. The first-order valence-corrected chi connectivity index (χ1v) is 9.50. The van der Waals surface area contributed by atoms with E-state index in [-0.39, 0.29) is 17.4 Å². The minimum absolute atomic E-state index is 0.000585. The van der Waals surface area contributed by atoms with Crippen molar-refractivity contribution in [2.45, 2.75) is 17.7 Å². The average molecular weight is 360 g/mol. The van der Waals surface area contributed by atoms with Gasteiger partial charge in [-0.2, -0.15) is 0 Å². The molecular formula is C18H20N2O4S. The summed E-state index contributed by atoms with van der Waals surface area (Å²) in [6.07, 6.45) is 1.73. The van der Waals surface area contributed by atoms with Gasteiger partial charge in [0, 0.05) is 19.3 Å². The number of methoxy groups -OCH3 is 1. The Morgan fingerprint density at radius 1 is 1.20 bits per heavy atom. The van der Waals surface area contributed by atoms with Crippen LogP contribution in [-0.4, -0.2) is 34.6 Å². The lowest BCUT2D eigenvalue weighted by Crippen LogP contribution is -2.37. The van der Waals surface area contributed by atoms with Crippen LogP contribution in [0.5, 0.6) is 0 Å². The molecule has 1 aliphatic heterocycles. The number of ether oxygens (including phenoxy) is 1. The molecule has 0 unspecified atom stereocenters. The van der Waals surface area contributed by atoms with E-state index >= 15 is 0 Å². The zero-order valence-corrected chi connectivity index (χ0v) is 14.8. The second-order valence-electron chi connectivity index (χ2n) is 5.84. The first-order valence-electron chi connectivity index (χ1n) is 8.01. The van der Waals surface area contributed by atoms with Gasteiger partial charge < -0.3 is 9.64 Å². The molecular weight excluding hydrogens is 340 g/mol. The highest BCUT2D eigenvalue weighted by atomic mass is 32.2. The van der Waals surface area contributed by atoms with Crippen molar-refractivity contribution in [3.63, 3.8) is 0 Å². The molecule has 132 valence electrons. The lowest BCUT2D eigenvalue weighted by molar-refractivity contribution is -0.122. The summed E-state index contributed by atoms with van der Waals surface area (Å²) in [5, 5.41) is 0. The smallest absolute Gasteiger partial charge is 0.261 e. The van der Waals surface area contributed by atoms with Crippen molar-refractivity contribution in [1.82, 2.24) is 0 Å². The van der Waals surface area contributed by atoms with E-state index in [0.717, 1.165) is 24.1 Å². The molecule has 0 radical (unpaired) electrons. The number of fused-ring (bicyclic) bond motifs is 1. The molecule has 1 aliphatic rings. The van der Waals surface area contributed by atoms with Crippen molar-refractivity contribution in [3.05, 3.63) is 54.1 Å². The van der Waals surface area contributed by atoms with Gasteiger partial charge in [0.15, 0.2) is 0 Å². The molecule has 0 spiro atoms. The monoisotopic (exact) mass is 360 g/mol. The number of nitrogens with one attached hydrogen (secondary N) is 1. The lowest BCUT2D eigenvalue weighted by Gasteiger charge is -2.30. The average Bonchev–Trinajstić information content (AvgIpc) is 2.62. The van der Waals surface area contributed by atoms with Crippen LogP contribution in [0.2, 0.25) is 0 Å². The third-order valence-corrected chi connectivity index (χ3v) is 5.48. The summed E-state index contributed by atoms with van der Waals surface area (Å²) < 4.78 is 32.5. The highest BCUT2D eigenvalue weighted by Crippen LogP contribution is 2.31. The second kappa shape index (κ2) is 7.25. The Bertz CT molecular complexity index is 866. The molecule has 1 amide bonds. The first-order chi connectivity index (χ1) is 12.0. The Morgan fingerprint density at radius 2 is 1.96 bits per heavy atom. The largest absolute Gasteiger partial charge is 0.375 e. The third-order valence-electron chi connectivity index (χ3n) is 4.08. The SMILES string of the molecule is COCC(=O)N1CCCc2ccc(NS(=O)(=O)c3ccccc3)cc21. The van der Waals surface area contributed by atoms with E-state index in [9.17, 15) is 13.2 Å². The highest BCUT2D eigenvalue weighted by Gasteiger charge is 2.23. The van der Waals surface area contributed by atoms with Gasteiger partial charge in [-0.05, 0) is 42.7 Å². The Morgan fingerprint density at radius 3 is 2.68 bits per heavy atom. The summed E-state index contributed by atoms with van der Waals surface area (Å²) in [6.45, 7) is 0.601. The number of hydrogen-bond acceptors (Lipinski definition) is 4. The second-order valence-corrected chi connectivity index (χ2v) is 7.53. The minimum atomic E-state index is -3.67. The normalized spacial score (nSPS) is 14.0. The molecule has 0 fully saturated rings. The van der Waals surface area contributed by atoms with Crippen LogP contribution in [0.15, 0.2) is 53.4 Å². The van der Waals surface area contributed by atoms with Gasteiger partial charge in [-0.3, -0.25) is 9.52 Å². The zero-order valence-electron chi connectivity index (χ0n) is 13.9. The molecule has 0 aliphatic carbocycles. The Kier molecular flexibility index (Phi) is 5.06. The van der Waals surface area contributed by atoms with E-state index in [4.69, 9.17) is 4.74 Å². The predicted octanol–water partition coefficient (Wildman–Crippen LogP) is 2.41. The molecule has 2 aromatic rings. The fraction of sp³-hybridized carbons (Fsp3) is 0.278. The van der Waals surface area contributed by atoms with Crippen LogP contribution >= 0.6 is 0 Å². The van der Waals surface area contributed by atoms with E-state index in [2.05, 4.69) is 4.72 Å². The fourth-order valence-corrected chi connectivity index (χ4v) is 3.98. The van der Waals surface area contributed by atoms with Gasteiger partial charge in [0.05, 0.1) is 10.6 Å². The highest BCUT2D eigenvalue weighted by molar-refractivity contribution is 7.92. The molecule has 1 N–H and O–H groups in total. The van der Waals surface area contributed by atoms with Gasteiger partial charge in [0.1, 0.15) is 6.61 Å². The minimum Gasteiger partial charge on any atom is -0.375 e. The molecule has 0 aromatic heterocycles. The lowest BCUT2D eigenvalue weighted by atomic mass is 10.0. The molecule has 6 nitrogen and oxygen atoms in total. The number of rotatable bonds is 5. The molecule has 1 heterocycles. The molecule has 2 aromatic carbocycles. The topological polar surface area (TPSA) is 75.7 Å². The van der Waals surface area contributed by atoms with E-state index in [1.165, 1.54) is 19.2 Å². The summed E-state index contributed by atoms with van der Waals surface area (Å²) in [4.78, 5) is 14.1. The van der Waals surface area contributed by atoms with Crippen molar-refractivity contribution in [2.24, 2.45) is 0 Å². The fourth-order valence-electron chi connectivity index (χ4n) is 2.91. The Labute approximate surface area is 147 Å². The maximum atomic E-state index is 12.5. The first kappa shape index (κ1) is 17.4. The van der Waals surface area contributed by atoms with Crippen molar-refractivity contribution >= 4 is 27.3 Å². The molecule has 25 heavy (non-hydrogen) atoms. The zero-order chi connectivity index (χ0) is 17.9. The molecule has 0 saturated heterocycles. The summed E-state index contributed by atoms with van der Waals surface area (Å²) >= 11 is 0. The molecule has 0 saturated carbocycles. The Balaban J connectivity index is 1.90. The van der Waals surface area contributed by atoms with Gasteiger partial charge in [0.2, 0.25) is 0 Å². The van der Waals surface area contributed by atoms with Crippen LogP contribution in [0.1, 0.15) is 12.0 Å². The van der Waals surface area contributed by atoms with Crippen LogP contribution in [0.3, 0.4) is 0 Å². The molecule has 0 bridgehead atoms. The van der Waals surface area contributed by atoms with E-state index < -0.39 is 10.0 Å². The molecule has 7 heteroatoms. The van der Waals surface area contributed by atoms with Crippen LogP contribution in [0.25, 0.3) is 0 Å². The van der Waals surface area contributed by atoms with Gasteiger partial charge in [-0.25, -0.2) is 8.42 Å². The van der Waals surface area contributed by atoms with Gasteiger partial charge in [-0.1, -0.05) is 24.3 Å². The summed E-state index contributed by atoms with van der Waals surface area (Å²) in [7, 11) is -2.19. The number of carbonyl (C=O) groups excluding carboxylic acids is 1. The summed E-state index contributed by atoms with van der Waals surface area (Å²) in [5.41, 5.74) is 2.19. The van der Waals surface area contributed by atoms with E-state index in [0.29, 0.717) is 12.2 Å². The van der Waals surface area contributed by atoms with Crippen LogP contribution < -0.4 is 9.62 Å². The number of amides is 1. The number of sulfonamides is 1. The van der Waals surface area contributed by atoms with Crippen molar-refractivity contribution in [1.29, 1.82) is 0 Å². The van der Waals surface area contributed by atoms with Crippen molar-refractivity contribution in [2.75, 3.05) is 29.9 Å². The summed E-state index contributed by atoms with van der Waals surface area (Å²) in [6, 6.07) is 13.5. The predicted molar refractivity (Wildman–Crippen MR) is 96.2 cm³/mol. The van der Waals surface area contributed by atoms with Crippen molar-refractivity contribution < 1.29 is 17.9 Å². The van der Waals surface area contributed by atoms with Crippen LogP contribution in [0, 0.1) is 0 Å². The third kappa shape index (κ3) is 3.83. The number of benzene rings is 2. The standard InChI is InChI=1S/C18H20N2O4S/c1-24-13-18(21)20-11-5-6-14-9-10-15(12-17(14)20)19-25(22,23)16-7-3-2-4-8-16/h2-4,7-10,12,19H,5-6,11,13H2,1H3. The van der Waals surface area contributed by atoms with Gasteiger partial charge >= 0.3 is 0 Å². The van der Waals surface area contributed by atoms with E-state index in [1.807, 2.05) is 6.07 Å². The number of carbonyl (C=O) groups is 1. The Hall–Kier alpha value is -2.38. The quantitative estimate of drug-likeness (QED) is 0.888. The molecule has 0 atom stereocenters. The number of hydrogen-bond donors (Lipinski definition) is 1. The van der Waals surface area contributed by atoms with Gasteiger partial charge in [0.25, 0.3) is 15.9 Å². The van der Waals surface area contributed by atoms with Crippen LogP contribution in [-0.2, 0) is 26.0 Å². The number of aryl methyl sites for hydroxylation is 1. The summed E-state index contributed by atoms with van der Waals surface area (Å²) in [5.74, 6) is -0.133.